The summed E-state index contributed by atoms with van der Waals surface area (Å²) >= 11 is 0. The second-order valence-electron chi connectivity index (χ2n) is 8.80. The zero-order chi connectivity index (χ0) is 27.9. The molecule has 1 aliphatic heterocycles. The number of nitrogens with one attached hydrogen (secondary N) is 2. The summed E-state index contributed by atoms with van der Waals surface area (Å²) < 4.78 is 65.4. The van der Waals surface area contributed by atoms with Crippen LogP contribution >= 0.6 is 0 Å². The number of amides is 1. The van der Waals surface area contributed by atoms with Crippen molar-refractivity contribution in [2.45, 2.75) is 29.6 Å². The van der Waals surface area contributed by atoms with Gasteiger partial charge in [-0.05, 0) is 79.6 Å². The van der Waals surface area contributed by atoms with Crippen molar-refractivity contribution in [3.63, 3.8) is 0 Å². The van der Waals surface area contributed by atoms with E-state index >= 15 is 0 Å². The molecule has 1 heterocycles. The summed E-state index contributed by atoms with van der Waals surface area (Å²) in [6.45, 7) is 3.80. The molecular formula is C27H31N3O7S2. The highest BCUT2D eigenvalue weighted by molar-refractivity contribution is 7.92. The number of aryl methyl sites for hydroxylation is 1. The maximum atomic E-state index is 12.7. The number of ether oxygens (including phenoxy) is 2. The number of carbonyl (C=O) groups excluding carboxylic acids is 1. The van der Waals surface area contributed by atoms with Gasteiger partial charge in [0.05, 0.1) is 29.6 Å². The van der Waals surface area contributed by atoms with E-state index in [9.17, 15) is 21.6 Å². The third-order valence-corrected chi connectivity index (χ3v) is 9.35. The molecule has 0 aliphatic carbocycles. The van der Waals surface area contributed by atoms with Crippen molar-refractivity contribution in [2.24, 2.45) is 0 Å². The van der Waals surface area contributed by atoms with Crippen LogP contribution in [0.15, 0.2) is 82.6 Å². The molecule has 1 aliphatic rings. The van der Waals surface area contributed by atoms with Crippen LogP contribution in [0.25, 0.3) is 0 Å². The lowest BCUT2D eigenvalue weighted by Gasteiger charge is -2.26. The molecule has 10 nitrogen and oxygen atoms in total. The summed E-state index contributed by atoms with van der Waals surface area (Å²) in [6.07, 6.45) is 0.594. The molecule has 208 valence electrons. The Balaban J connectivity index is 1.29. The van der Waals surface area contributed by atoms with Gasteiger partial charge in [-0.3, -0.25) is 9.52 Å². The molecule has 1 amide bonds. The first-order valence-corrected chi connectivity index (χ1v) is 15.4. The summed E-state index contributed by atoms with van der Waals surface area (Å²) in [4.78, 5) is 12.7. The lowest BCUT2D eigenvalue weighted by molar-refractivity contribution is -0.116. The number of morpholine rings is 1. The number of hydrogen-bond acceptors (Lipinski definition) is 7. The van der Waals surface area contributed by atoms with E-state index < -0.39 is 20.0 Å². The molecule has 0 bridgehead atoms. The Bertz CT molecular complexity index is 1470. The van der Waals surface area contributed by atoms with Gasteiger partial charge in [-0.2, -0.15) is 4.31 Å². The van der Waals surface area contributed by atoms with E-state index in [2.05, 4.69) is 10.0 Å². The van der Waals surface area contributed by atoms with Gasteiger partial charge < -0.3 is 14.8 Å². The first kappa shape index (κ1) is 28.6. The molecule has 39 heavy (non-hydrogen) atoms. The minimum atomic E-state index is -3.81. The summed E-state index contributed by atoms with van der Waals surface area (Å²) in [5.74, 6) is 0.400. The SMILES string of the molecule is CCOc1ccc(NS(=O)(=O)c2ccc(NC(=O)CCc3ccc(S(=O)(=O)N4CCOCC4)cc3)cc2)cc1. The molecule has 3 aromatic carbocycles. The van der Waals surface area contributed by atoms with Gasteiger partial charge in [-0.15, -0.1) is 0 Å². The third kappa shape index (κ3) is 7.57. The molecule has 1 saturated heterocycles. The van der Waals surface area contributed by atoms with E-state index in [0.717, 1.165) is 5.56 Å². The number of benzene rings is 3. The predicted molar refractivity (Wildman–Crippen MR) is 148 cm³/mol. The fraction of sp³-hybridized carbons (Fsp3) is 0.296. The van der Waals surface area contributed by atoms with Crippen LogP contribution in [0.3, 0.4) is 0 Å². The van der Waals surface area contributed by atoms with E-state index in [4.69, 9.17) is 9.47 Å². The molecule has 1 fully saturated rings. The van der Waals surface area contributed by atoms with Gasteiger partial charge in [0.25, 0.3) is 10.0 Å². The van der Waals surface area contributed by atoms with Crippen LogP contribution in [0.2, 0.25) is 0 Å². The van der Waals surface area contributed by atoms with E-state index in [1.807, 2.05) is 6.92 Å². The first-order valence-electron chi connectivity index (χ1n) is 12.5. The maximum absolute atomic E-state index is 12.7. The van der Waals surface area contributed by atoms with Gasteiger partial charge in [0.2, 0.25) is 15.9 Å². The summed E-state index contributed by atoms with van der Waals surface area (Å²) in [7, 11) is -7.37. The average molecular weight is 574 g/mol. The molecule has 0 spiro atoms. The second kappa shape index (κ2) is 12.6. The van der Waals surface area contributed by atoms with Crippen LogP contribution in [0.1, 0.15) is 18.9 Å². The summed E-state index contributed by atoms with van der Waals surface area (Å²) in [5, 5.41) is 2.75. The highest BCUT2D eigenvalue weighted by Crippen LogP contribution is 2.22. The van der Waals surface area contributed by atoms with E-state index in [-0.39, 0.29) is 22.1 Å². The molecule has 0 saturated carbocycles. The molecule has 0 unspecified atom stereocenters. The van der Waals surface area contributed by atoms with Gasteiger partial charge in [-0.25, -0.2) is 16.8 Å². The average Bonchev–Trinajstić information content (AvgIpc) is 2.94. The zero-order valence-electron chi connectivity index (χ0n) is 21.5. The fourth-order valence-electron chi connectivity index (χ4n) is 3.96. The second-order valence-corrected chi connectivity index (χ2v) is 12.4. The van der Waals surface area contributed by atoms with Gasteiger partial charge in [0.15, 0.2) is 0 Å². The Labute approximate surface area is 229 Å². The van der Waals surface area contributed by atoms with Crippen molar-refractivity contribution in [1.29, 1.82) is 0 Å². The number of anilines is 2. The van der Waals surface area contributed by atoms with Crippen molar-refractivity contribution in [1.82, 2.24) is 4.31 Å². The number of sulfonamides is 2. The van der Waals surface area contributed by atoms with Crippen LogP contribution in [-0.4, -0.2) is 60.0 Å². The van der Waals surface area contributed by atoms with Gasteiger partial charge in [0.1, 0.15) is 5.75 Å². The largest absolute Gasteiger partial charge is 0.494 e. The van der Waals surface area contributed by atoms with E-state index in [1.165, 1.54) is 28.6 Å². The predicted octanol–water partition coefficient (Wildman–Crippen LogP) is 3.48. The van der Waals surface area contributed by atoms with Gasteiger partial charge in [0, 0.05) is 30.9 Å². The van der Waals surface area contributed by atoms with Crippen molar-refractivity contribution in [3.05, 3.63) is 78.4 Å². The van der Waals surface area contributed by atoms with Crippen LogP contribution < -0.4 is 14.8 Å². The Morgan fingerprint density at radius 2 is 1.44 bits per heavy atom. The Morgan fingerprint density at radius 3 is 2.05 bits per heavy atom. The van der Waals surface area contributed by atoms with Crippen molar-refractivity contribution in [3.8, 4) is 5.75 Å². The molecule has 4 rings (SSSR count). The molecule has 12 heteroatoms. The quantitative estimate of drug-likeness (QED) is 0.359. The fourth-order valence-corrected chi connectivity index (χ4v) is 6.43. The van der Waals surface area contributed by atoms with Gasteiger partial charge >= 0.3 is 0 Å². The Hall–Kier alpha value is -3.45. The zero-order valence-corrected chi connectivity index (χ0v) is 23.1. The number of rotatable bonds is 11. The highest BCUT2D eigenvalue weighted by atomic mass is 32.2. The topological polar surface area (TPSA) is 131 Å². The van der Waals surface area contributed by atoms with E-state index in [0.29, 0.717) is 56.5 Å². The standard InChI is InChI=1S/C27H31N3O7S2/c1-2-37-24-10-6-23(7-11-24)29-38(32,33)25-14-8-22(9-15-25)28-27(31)16-5-21-3-12-26(13-4-21)39(34,35)30-17-19-36-20-18-30/h3-4,6-15,29H,2,5,16-20H2,1H3,(H,28,31). The molecule has 0 aromatic heterocycles. The highest BCUT2D eigenvalue weighted by Gasteiger charge is 2.26. The molecule has 3 aromatic rings. The minimum Gasteiger partial charge on any atom is -0.494 e. The molecule has 0 radical (unpaired) electrons. The Kier molecular flexibility index (Phi) is 9.23. The summed E-state index contributed by atoms with van der Waals surface area (Å²) in [5.41, 5.74) is 1.70. The van der Waals surface area contributed by atoms with Crippen molar-refractivity contribution < 1.29 is 31.1 Å². The molecule has 0 atom stereocenters. The number of hydrogen-bond donors (Lipinski definition) is 2. The van der Waals surface area contributed by atoms with Crippen LogP contribution in [0.4, 0.5) is 11.4 Å². The number of carbonyl (C=O) groups is 1. The number of nitrogens with zero attached hydrogens (tertiary/aromatic N) is 1. The lowest BCUT2D eigenvalue weighted by atomic mass is 10.1. The third-order valence-electron chi connectivity index (χ3n) is 6.04. The smallest absolute Gasteiger partial charge is 0.261 e. The van der Waals surface area contributed by atoms with E-state index in [1.54, 1.807) is 48.5 Å². The van der Waals surface area contributed by atoms with Crippen LogP contribution in [0, 0.1) is 0 Å². The first-order chi connectivity index (χ1) is 18.7. The maximum Gasteiger partial charge on any atom is 0.261 e. The van der Waals surface area contributed by atoms with Crippen molar-refractivity contribution in [2.75, 3.05) is 42.9 Å². The molecule has 2 N–H and O–H groups in total. The molecular weight excluding hydrogens is 542 g/mol. The monoisotopic (exact) mass is 573 g/mol. The Morgan fingerprint density at radius 1 is 0.846 bits per heavy atom. The van der Waals surface area contributed by atoms with Crippen LogP contribution in [-0.2, 0) is 36.0 Å². The lowest BCUT2D eigenvalue weighted by Crippen LogP contribution is -2.40. The van der Waals surface area contributed by atoms with Crippen LogP contribution in [0.5, 0.6) is 5.75 Å². The summed E-state index contributed by atoms with van der Waals surface area (Å²) in [6, 6.07) is 19.0. The minimum absolute atomic E-state index is 0.0569. The normalized spacial score (nSPS) is 14.5. The van der Waals surface area contributed by atoms with Gasteiger partial charge in [-0.1, -0.05) is 12.1 Å². The van der Waals surface area contributed by atoms with Crippen molar-refractivity contribution >= 4 is 37.3 Å².